The van der Waals surface area contributed by atoms with Crippen molar-refractivity contribution in [2.45, 2.75) is 20.4 Å². The van der Waals surface area contributed by atoms with E-state index in [1.54, 1.807) is 4.68 Å². The second-order valence-corrected chi connectivity index (χ2v) is 4.40. The van der Waals surface area contributed by atoms with Crippen molar-refractivity contribution in [2.24, 2.45) is 0 Å². The smallest absolute Gasteiger partial charge is 0.337 e. The van der Waals surface area contributed by atoms with Gasteiger partial charge in [-0.05, 0) is 26.0 Å². The monoisotopic (exact) mass is 274 g/mol. The Kier molecular flexibility index (Phi) is 3.79. The van der Waals surface area contributed by atoms with E-state index in [0.29, 0.717) is 5.69 Å². The molecule has 2 aromatic heterocycles. The molecule has 0 atom stereocenters. The van der Waals surface area contributed by atoms with E-state index in [9.17, 15) is 9.59 Å². The van der Waals surface area contributed by atoms with Gasteiger partial charge in [-0.15, -0.1) is 0 Å². The average molecular weight is 274 g/mol. The summed E-state index contributed by atoms with van der Waals surface area (Å²) in [5.74, 6) is -1.38. The Labute approximate surface area is 115 Å². The Morgan fingerprint density at radius 1 is 1.30 bits per heavy atom. The first kappa shape index (κ1) is 13.7. The third kappa shape index (κ3) is 3.19. The second-order valence-electron chi connectivity index (χ2n) is 4.40. The van der Waals surface area contributed by atoms with Gasteiger partial charge in [-0.25, -0.2) is 4.79 Å². The van der Waals surface area contributed by atoms with Crippen LogP contribution in [0.15, 0.2) is 24.5 Å². The van der Waals surface area contributed by atoms with Crippen LogP contribution in [0.5, 0.6) is 0 Å². The molecule has 7 nitrogen and oxygen atoms in total. The van der Waals surface area contributed by atoms with Gasteiger partial charge in [0.05, 0.1) is 23.1 Å². The number of nitrogens with zero attached hydrogens (tertiary/aromatic N) is 3. The zero-order valence-corrected chi connectivity index (χ0v) is 11.1. The van der Waals surface area contributed by atoms with E-state index in [1.807, 2.05) is 19.9 Å². The Hall–Kier alpha value is -2.70. The molecule has 2 heterocycles. The molecule has 20 heavy (non-hydrogen) atoms. The van der Waals surface area contributed by atoms with Crippen LogP contribution in [0.4, 0.5) is 5.69 Å². The van der Waals surface area contributed by atoms with Gasteiger partial charge in [0.2, 0.25) is 5.91 Å². The topological polar surface area (TPSA) is 97.1 Å². The van der Waals surface area contributed by atoms with Crippen LogP contribution < -0.4 is 5.32 Å². The molecule has 0 spiro atoms. The van der Waals surface area contributed by atoms with Crippen molar-refractivity contribution >= 4 is 17.6 Å². The summed E-state index contributed by atoms with van der Waals surface area (Å²) in [6, 6.07) is 3.23. The molecular weight excluding hydrogens is 260 g/mol. The van der Waals surface area contributed by atoms with Crippen LogP contribution in [0.2, 0.25) is 0 Å². The standard InChI is InChI=1S/C13H14N4O3/c1-8-3-9(2)17(16-8)7-12(18)15-11-4-10(13(19)20)5-14-6-11/h3-6H,7H2,1-2H3,(H,15,18)(H,19,20). The van der Waals surface area contributed by atoms with Gasteiger partial charge in [-0.1, -0.05) is 0 Å². The molecule has 0 aromatic carbocycles. The Morgan fingerprint density at radius 2 is 2.05 bits per heavy atom. The number of amides is 1. The number of carboxylic acid groups (broad SMARTS) is 1. The highest BCUT2D eigenvalue weighted by molar-refractivity contribution is 5.93. The molecule has 104 valence electrons. The van der Waals surface area contributed by atoms with Crippen molar-refractivity contribution in [3.05, 3.63) is 41.5 Å². The lowest BCUT2D eigenvalue weighted by atomic mass is 10.2. The van der Waals surface area contributed by atoms with E-state index in [2.05, 4.69) is 15.4 Å². The van der Waals surface area contributed by atoms with E-state index >= 15 is 0 Å². The van der Waals surface area contributed by atoms with Gasteiger partial charge in [0, 0.05) is 11.9 Å². The van der Waals surface area contributed by atoms with E-state index in [-0.39, 0.29) is 18.0 Å². The number of nitrogens with one attached hydrogen (secondary N) is 1. The molecule has 1 amide bonds. The molecular formula is C13H14N4O3. The maximum absolute atomic E-state index is 11.9. The van der Waals surface area contributed by atoms with Gasteiger partial charge in [0.15, 0.2) is 0 Å². The number of aromatic nitrogens is 3. The van der Waals surface area contributed by atoms with E-state index in [1.165, 1.54) is 18.5 Å². The van der Waals surface area contributed by atoms with Crippen molar-refractivity contribution in [1.82, 2.24) is 14.8 Å². The summed E-state index contributed by atoms with van der Waals surface area (Å²) in [4.78, 5) is 26.5. The number of hydrogen-bond acceptors (Lipinski definition) is 4. The number of hydrogen-bond donors (Lipinski definition) is 2. The normalized spacial score (nSPS) is 10.3. The third-order valence-corrected chi connectivity index (χ3v) is 2.67. The minimum absolute atomic E-state index is 0.0221. The van der Waals surface area contributed by atoms with Gasteiger partial charge < -0.3 is 10.4 Å². The lowest BCUT2D eigenvalue weighted by Crippen LogP contribution is -2.20. The van der Waals surface area contributed by atoms with Crippen LogP contribution in [0.25, 0.3) is 0 Å². The van der Waals surface area contributed by atoms with Gasteiger partial charge in [-0.2, -0.15) is 5.10 Å². The molecule has 0 aliphatic rings. The number of pyridine rings is 1. The van der Waals surface area contributed by atoms with E-state index in [0.717, 1.165) is 11.4 Å². The fourth-order valence-electron chi connectivity index (χ4n) is 1.80. The Balaban J connectivity index is 2.06. The second kappa shape index (κ2) is 5.52. The van der Waals surface area contributed by atoms with Crippen LogP contribution in [0.3, 0.4) is 0 Å². The van der Waals surface area contributed by atoms with Crippen molar-refractivity contribution in [3.8, 4) is 0 Å². The molecule has 0 saturated carbocycles. The number of carbonyl (C=O) groups is 2. The maximum atomic E-state index is 11.9. The number of aromatic carboxylic acids is 1. The molecule has 2 rings (SSSR count). The third-order valence-electron chi connectivity index (χ3n) is 2.67. The van der Waals surface area contributed by atoms with Crippen LogP contribution in [0, 0.1) is 13.8 Å². The van der Waals surface area contributed by atoms with Gasteiger partial charge in [-0.3, -0.25) is 14.5 Å². The summed E-state index contributed by atoms with van der Waals surface area (Å²) in [6.45, 7) is 3.78. The maximum Gasteiger partial charge on any atom is 0.337 e. The minimum atomic E-state index is -1.09. The van der Waals surface area contributed by atoms with Gasteiger partial charge in [0.25, 0.3) is 0 Å². The number of carboxylic acids is 1. The number of carbonyl (C=O) groups excluding carboxylic acids is 1. The zero-order chi connectivity index (χ0) is 14.7. The van der Waals surface area contributed by atoms with E-state index < -0.39 is 5.97 Å². The minimum Gasteiger partial charge on any atom is -0.478 e. The first-order valence-corrected chi connectivity index (χ1v) is 5.95. The number of aryl methyl sites for hydroxylation is 2. The van der Waals surface area contributed by atoms with Crippen molar-refractivity contribution < 1.29 is 14.7 Å². The van der Waals surface area contributed by atoms with Crippen LogP contribution in [-0.2, 0) is 11.3 Å². The molecule has 0 fully saturated rings. The first-order valence-electron chi connectivity index (χ1n) is 5.95. The SMILES string of the molecule is Cc1cc(C)n(CC(=O)Nc2cncc(C(=O)O)c2)n1. The number of anilines is 1. The molecule has 0 bridgehead atoms. The fourth-order valence-corrected chi connectivity index (χ4v) is 1.80. The summed E-state index contributed by atoms with van der Waals surface area (Å²) >= 11 is 0. The Bertz CT molecular complexity index is 663. The molecule has 0 aliphatic carbocycles. The van der Waals surface area contributed by atoms with Crippen molar-refractivity contribution in [2.75, 3.05) is 5.32 Å². The van der Waals surface area contributed by atoms with Crippen molar-refractivity contribution in [1.29, 1.82) is 0 Å². The molecule has 0 radical (unpaired) electrons. The summed E-state index contributed by atoms with van der Waals surface area (Å²) in [5, 5.41) is 15.6. The summed E-state index contributed by atoms with van der Waals surface area (Å²) in [7, 11) is 0. The molecule has 0 aliphatic heterocycles. The molecule has 2 N–H and O–H groups in total. The summed E-state index contributed by atoms with van der Waals surface area (Å²) < 4.78 is 1.58. The molecule has 2 aromatic rings. The highest BCUT2D eigenvalue weighted by atomic mass is 16.4. The highest BCUT2D eigenvalue weighted by Gasteiger charge is 2.09. The Morgan fingerprint density at radius 3 is 2.65 bits per heavy atom. The largest absolute Gasteiger partial charge is 0.478 e. The summed E-state index contributed by atoms with van der Waals surface area (Å²) in [6.07, 6.45) is 2.62. The van der Waals surface area contributed by atoms with Crippen LogP contribution in [-0.4, -0.2) is 31.7 Å². The quantitative estimate of drug-likeness (QED) is 0.874. The zero-order valence-electron chi connectivity index (χ0n) is 11.1. The van der Waals surface area contributed by atoms with E-state index in [4.69, 9.17) is 5.11 Å². The molecule has 7 heteroatoms. The summed E-state index contributed by atoms with van der Waals surface area (Å²) in [5.41, 5.74) is 2.09. The first-order chi connectivity index (χ1) is 9.45. The fraction of sp³-hybridized carbons (Fsp3) is 0.231. The van der Waals surface area contributed by atoms with Crippen molar-refractivity contribution in [3.63, 3.8) is 0 Å². The van der Waals surface area contributed by atoms with Gasteiger partial charge in [0.1, 0.15) is 6.54 Å². The molecule has 0 saturated heterocycles. The average Bonchev–Trinajstić information content (AvgIpc) is 2.67. The predicted molar refractivity (Wildman–Crippen MR) is 71.5 cm³/mol. The van der Waals surface area contributed by atoms with Crippen LogP contribution in [0.1, 0.15) is 21.7 Å². The highest BCUT2D eigenvalue weighted by Crippen LogP contribution is 2.09. The molecule has 0 unspecified atom stereocenters. The number of rotatable bonds is 4. The lowest BCUT2D eigenvalue weighted by Gasteiger charge is -2.07. The van der Waals surface area contributed by atoms with Crippen LogP contribution >= 0.6 is 0 Å². The predicted octanol–water partition coefficient (Wildman–Crippen LogP) is 1.23. The van der Waals surface area contributed by atoms with Gasteiger partial charge >= 0.3 is 5.97 Å². The lowest BCUT2D eigenvalue weighted by molar-refractivity contribution is -0.116.